The van der Waals surface area contributed by atoms with Gasteiger partial charge in [0, 0.05) is 6.54 Å². The van der Waals surface area contributed by atoms with Gasteiger partial charge >= 0.3 is 0 Å². The van der Waals surface area contributed by atoms with Gasteiger partial charge in [-0.15, -0.1) is 0 Å². The van der Waals surface area contributed by atoms with E-state index in [-0.39, 0.29) is 31.0 Å². The fourth-order valence-electron chi connectivity index (χ4n) is 4.42. The number of hydrogen-bond acceptors (Lipinski definition) is 7. The standard InChI is InChI=1S/C27H30FN5O5S/c1-17(2)14-22(32-27(36)23-15-29-19-9-4-5-10-20(19)30-23)26(35)31-21-11-7-13-33(16-24(21)34)39(37,38)25-12-6-3-8-18(25)28/h3-6,8-10,12,15,17,21-22H,7,11,13-14,16H2,1-2H3,(H,31,35)(H,32,36). The monoisotopic (exact) mass is 555 g/mol. The normalized spacial score (nSPS) is 17.5. The number of rotatable bonds is 8. The van der Waals surface area contributed by atoms with Crippen LogP contribution >= 0.6 is 0 Å². The van der Waals surface area contributed by atoms with Gasteiger partial charge in [0.15, 0.2) is 5.78 Å². The first kappa shape index (κ1) is 28.2. The molecule has 206 valence electrons. The predicted molar refractivity (Wildman–Crippen MR) is 142 cm³/mol. The van der Waals surface area contributed by atoms with E-state index in [1.54, 1.807) is 18.2 Å². The highest BCUT2D eigenvalue weighted by molar-refractivity contribution is 7.89. The molecule has 0 aliphatic carbocycles. The molecular weight excluding hydrogens is 525 g/mol. The summed E-state index contributed by atoms with van der Waals surface area (Å²) in [6.45, 7) is 3.28. The lowest BCUT2D eigenvalue weighted by molar-refractivity contribution is -0.129. The van der Waals surface area contributed by atoms with E-state index in [9.17, 15) is 27.2 Å². The number of carbonyl (C=O) groups is 3. The molecule has 2 aromatic carbocycles. The quantitative estimate of drug-likeness (QED) is 0.435. The molecule has 1 fully saturated rings. The molecule has 0 spiro atoms. The first-order valence-corrected chi connectivity index (χ1v) is 14.1. The summed E-state index contributed by atoms with van der Waals surface area (Å²) in [6, 6.07) is 10.2. The second-order valence-corrected chi connectivity index (χ2v) is 11.7. The van der Waals surface area contributed by atoms with Crippen LogP contribution in [0.4, 0.5) is 4.39 Å². The summed E-state index contributed by atoms with van der Waals surface area (Å²) < 4.78 is 41.1. The summed E-state index contributed by atoms with van der Waals surface area (Å²) in [5.41, 5.74) is 1.22. The second kappa shape index (κ2) is 12.0. The second-order valence-electron chi connectivity index (χ2n) is 9.84. The molecule has 12 heteroatoms. The minimum absolute atomic E-state index is 0.00156. The van der Waals surface area contributed by atoms with Crippen LogP contribution in [-0.2, 0) is 19.6 Å². The first-order chi connectivity index (χ1) is 18.6. The Balaban J connectivity index is 1.45. The molecule has 10 nitrogen and oxygen atoms in total. The molecule has 2 amide bonds. The molecule has 2 atom stereocenters. The SMILES string of the molecule is CC(C)CC(NC(=O)c1cnc2ccccc2n1)C(=O)NC1CCCN(S(=O)(=O)c2ccccc2F)CC1=O. The molecule has 1 aliphatic rings. The Kier molecular flexibility index (Phi) is 8.66. The van der Waals surface area contributed by atoms with E-state index in [4.69, 9.17) is 0 Å². The van der Waals surface area contributed by atoms with Crippen LogP contribution in [0, 0.1) is 11.7 Å². The summed E-state index contributed by atoms with van der Waals surface area (Å²) in [5.74, 6) is -2.52. The number of para-hydroxylation sites is 2. The number of benzene rings is 2. The zero-order valence-electron chi connectivity index (χ0n) is 21.6. The number of halogens is 1. The number of nitrogens with one attached hydrogen (secondary N) is 2. The van der Waals surface area contributed by atoms with Crippen molar-refractivity contribution in [2.75, 3.05) is 13.1 Å². The van der Waals surface area contributed by atoms with Gasteiger partial charge in [0.1, 0.15) is 22.4 Å². The van der Waals surface area contributed by atoms with E-state index in [1.807, 2.05) is 19.9 Å². The Hall–Kier alpha value is -3.77. The number of carbonyl (C=O) groups excluding carboxylic acids is 3. The van der Waals surface area contributed by atoms with Crippen LogP contribution in [0.5, 0.6) is 0 Å². The Morgan fingerprint density at radius 1 is 1.10 bits per heavy atom. The van der Waals surface area contributed by atoms with Gasteiger partial charge in [-0.05, 0) is 49.4 Å². The molecule has 2 N–H and O–H groups in total. The van der Waals surface area contributed by atoms with E-state index in [0.717, 1.165) is 16.4 Å². The number of Topliss-reactive ketones (excluding diaryl/α,β-unsaturated/α-hetero) is 1. The van der Waals surface area contributed by atoms with E-state index < -0.39 is 57.0 Å². The van der Waals surface area contributed by atoms with Crippen molar-refractivity contribution in [3.05, 3.63) is 66.2 Å². The van der Waals surface area contributed by atoms with Crippen molar-refractivity contribution in [3.8, 4) is 0 Å². The Bertz CT molecular complexity index is 1500. The lowest BCUT2D eigenvalue weighted by Gasteiger charge is -2.23. The maximum absolute atomic E-state index is 14.2. The van der Waals surface area contributed by atoms with Gasteiger partial charge in [-0.3, -0.25) is 19.4 Å². The maximum atomic E-state index is 14.2. The van der Waals surface area contributed by atoms with Gasteiger partial charge in [0.25, 0.3) is 5.91 Å². The van der Waals surface area contributed by atoms with Crippen LogP contribution in [0.25, 0.3) is 11.0 Å². The fourth-order valence-corrected chi connectivity index (χ4v) is 5.93. The average Bonchev–Trinajstić information content (AvgIpc) is 3.09. The van der Waals surface area contributed by atoms with E-state index in [0.29, 0.717) is 17.5 Å². The van der Waals surface area contributed by atoms with Crippen LogP contribution in [0.2, 0.25) is 0 Å². The van der Waals surface area contributed by atoms with Crippen LogP contribution in [0.15, 0.2) is 59.6 Å². The number of fused-ring (bicyclic) bond motifs is 1. The molecule has 2 unspecified atom stereocenters. The summed E-state index contributed by atoms with van der Waals surface area (Å²) >= 11 is 0. The Labute approximate surface area is 226 Å². The van der Waals surface area contributed by atoms with Gasteiger partial charge in [-0.1, -0.05) is 38.1 Å². The van der Waals surface area contributed by atoms with Crippen LogP contribution in [0.1, 0.15) is 43.6 Å². The van der Waals surface area contributed by atoms with Crippen molar-refractivity contribution in [2.24, 2.45) is 5.92 Å². The molecule has 0 radical (unpaired) electrons. The third-order valence-corrected chi connectivity index (χ3v) is 8.28. The number of hydrogen-bond donors (Lipinski definition) is 2. The number of ketones is 1. The number of sulfonamides is 1. The van der Waals surface area contributed by atoms with Crippen molar-refractivity contribution in [1.82, 2.24) is 24.9 Å². The fraction of sp³-hybridized carbons (Fsp3) is 0.370. The molecule has 39 heavy (non-hydrogen) atoms. The molecular formula is C27H30FN5O5S. The van der Waals surface area contributed by atoms with Gasteiger partial charge < -0.3 is 10.6 Å². The Morgan fingerprint density at radius 2 is 1.79 bits per heavy atom. The largest absolute Gasteiger partial charge is 0.344 e. The van der Waals surface area contributed by atoms with Crippen molar-refractivity contribution in [3.63, 3.8) is 0 Å². The lowest BCUT2D eigenvalue weighted by Crippen LogP contribution is -2.52. The zero-order valence-corrected chi connectivity index (χ0v) is 22.4. The average molecular weight is 556 g/mol. The predicted octanol–water partition coefficient (Wildman–Crippen LogP) is 2.45. The highest BCUT2D eigenvalue weighted by Gasteiger charge is 2.35. The highest BCUT2D eigenvalue weighted by atomic mass is 32.2. The summed E-state index contributed by atoms with van der Waals surface area (Å²) in [5, 5.41) is 5.39. The van der Waals surface area contributed by atoms with Crippen LogP contribution in [0.3, 0.4) is 0 Å². The van der Waals surface area contributed by atoms with Crippen LogP contribution < -0.4 is 10.6 Å². The molecule has 3 aromatic rings. The number of amides is 2. The van der Waals surface area contributed by atoms with Crippen molar-refractivity contribution >= 4 is 38.7 Å². The molecule has 0 saturated carbocycles. The van der Waals surface area contributed by atoms with Crippen molar-refractivity contribution < 1.29 is 27.2 Å². The number of nitrogens with zero attached hydrogens (tertiary/aromatic N) is 3. The van der Waals surface area contributed by atoms with Crippen molar-refractivity contribution in [1.29, 1.82) is 0 Å². The molecule has 2 heterocycles. The Morgan fingerprint density at radius 3 is 2.51 bits per heavy atom. The minimum atomic E-state index is -4.24. The summed E-state index contributed by atoms with van der Waals surface area (Å²) in [7, 11) is -4.24. The highest BCUT2D eigenvalue weighted by Crippen LogP contribution is 2.22. The molecule has 1 saturated heterocycles. The van der Waals surface area contributed by atoms with E-state index in [1.165, 1.54) is 18.3 Å². The van der Waals surface area contributed by atoms with E-state index in [2.05, 4.69) is 20.6 Å². The van der Waals surface area contributed by atoms with Gasteiger partial charge in [0.2, 0.25) is 15.9 Å². The molecule has 0 bridgehead atoms. The third-order valence-electron chi connectivity index (χ3n) is 6.40. The lowest BCUT2D eigenvalue weighted by atomic mass is 10.0. The molecule has 4 rings (SSSR count). The van der Waals surface area contributed by atoms with Crippen molar-refractivity contribution in [2.45, 2.75) is 50.1 Å². The van der Waals surface area contributed by atoms with Gasteiger partial charge in [0.05, 0.1) is 29.8 Å². The zero-order chi connectivity index (χ0) is 28.2. The van der Waals surface area contributed by atoms with Gasteiger partial charge in [-0.2, -0.15) is 4.31 Å². The van der Waals surface area contributed by atoms with Gasteiger partial charge in [-0.25, -0.2) is 17.8 Å². The van der Waals surface area contributed by atoms with Crippen LogP contribution in [-0.4, -0.2) is 65.5 Å². The molecule has 1 aliphatic heterocycles. The first-order valence-electron chi connectivity index (χ1n) is 12.7. The minimum Gasteiger partial charge on any atom is -0.344 e. The van der Waals surface area contributed by atoms with E-state index >= 15 is 0 Å². The smallest absolute Gasteiger partial charge is 0.272 e. The molecule has 1 aromatic heterocycles. The number of aromatic nitrogens is 2. The topological polar surface area (TPSA) is 138 Å². The maximum Gasteiger partial charge on any atom is 0.272 e. The third kappa shape index (κ3) is 6.63. The summed E-state index contributed by atoms with van der Waals surface area (Å²) in [6.07, 6.45) is 2.11. The summed E-state index contributed by atoms with van der Waals surface area (Å²) in [4.78, 5) is 47.3.